The summed E-state index contributed by atoms with van der Waals surface area (Å²) in [5, 5.41) is 8.02. The molecule has 9 nitrogen and oxygen atoms in total. The number of nitrogens with one attached hydrogen (secondary N) is 1. The van der Waals surface area contributed by atoms with Crippen molar-refractivity contribution in [3.63, 3.8) is 0 Å². The summed E-state index contributed by atoms with van der Waals surface area (Å²) in [5.74, 6) is -0.431. The van der Waals surface area contributed by atoms with Gasteiger partial charge in [-0.25, -0.2) is 9.79 Å². The molecule has 0 spiro atoms. The van der Waals surface area contributed by atoms with Crippen molar-refractivity contribution in [1.29, 1.82) is 0 Å². The number of amides is 2. The minimum Gasteiger partial charge on any atom is -0.462 e. The van der Waals surface area contributed by atoms with E-state index in [1.807, 2.05) is 30.3 Å². The van der Waals surface area contributed by atoms with E-state index in [1.54, 1.807) is 37.1 Å². The Morgan fingerprint density at radius 2 is 2.08 bits per heavy atom. The van der Waals surface area contributed by atoms with Crippen molar-refractivity contribution in [1.82, 2.24) is 9.78 Å². The van der Waals surface area contributed by atoms with Crippen LogP contribution >= 0.6 is 23.1 Å². The smallest absolute Gasteiger partial charge is 0.341 e. The number of fused-ring (bicyclic) bond motifs is 1. The van der Waals surface area contributed by atoms with Crippen LogP contribution in [-0.2, 0) is 34.2 Å². The summed E-state index contributed by atoms with van der Waals surface area (Å²) in [6, 6.07) is 9.21. The Hall–Kier alpha value is -3.70. The van der Waals surface area contributed by atoms with E-state index in [1.165, 1.54) is 28.0 Å². The number of benzene rings is 1. The number of nitrogens with zero attached hydrogens (tertiary/aromatic N) is 4. The topological polar surface area (TPSA) is 106 Å². The summed E-state index contributed by atoms with van der Waals surface area (Å²) < 4.78 is 6.97. The molecule has 2 amide bonds. The van der Waals surface area contributed by atoms with Crippen LogP contribution in [-0.4, -0.2) is 45.1 Å². The molecule has 3 heterocycles. The SMILES string of the molecule is CCOC(=O)c1c(NC(=O)CSC2=N/C(=C/c3cnn(C)c3)C(=O)N2c2ccccc2)sc2c1CCC(C)C2. The van der Waals surface area contributed by atoms with Gasteiger partial charge < -0.3 is 10.1 Å². The number of aryl methyl sites for hydroxylation is 1. The molecule has 1 atom stereocenters. The average molecular weight is 564 g/mol. The van der Waals surface area contributed by atoms with Crippen LogP contribution in [0.4, 0.5) is 10.7 Å². The second-order valence-corrected chi connectivity index (χ2v) is 11.5. The minimum atomic E-state index is -0.404. The van der Waals surface area contributed by atoms with Crippen molar-refractivity contribution in [2.24, 2.45) is 18.0 Å². The Labute approximate surface area is 234 Å². The lowest BCUT2D eigenvalue weighted by molar-refractivity contribution is -0.114. The van der Waals surface area contributed by atoms with Crippen molar-refractivity contribution in [2.75, 3.05) is 22.6 Å². The number of rotatable bonds is 7. The molecule has 39 heavy (non-hydrogen) atoms. The molecular weight excluding hydrogens is 534 g/mol. The Kier molecular flexibility index (Phi) is 7.99. The fraction of sp³-hybridized carbons (Fsp3) is 0.321. The lowest BCUT2D eigenvalue weighted by atomic mass is 9.88. The van der Waals surface area contributed by atoms with Crippen LogP contribution < -0.4 is 10.2 Å². The van der Waals surface area contributed by atoms with Gasteiger partial charge in [0.2, 0.25) is 5.91 Å². The summed E-state index contributed by atoms with van der Waals surface area (Å²) in [4.78, 5) is 46.5. The zero-order chi connectivity index (χ0) is 27.5. The molecule has 2 aliphatic rings. The maximum Gasteiger partial charge on any atom is 0.341 e. The standard InChI is InChI=1S/C28H29N5O4S2/c1-4-37-27(36)24-20-11-10-17(2)12-22(20)39-25(24)31-23(34)16-38-28-30-21(13-18-14-29-32(3)15-18)26(35)33(28)19-8-6-5-7-9-19/h5-9,13-15,17H,4,10-12,16H2,1-3H3,(H,31,34)/b21-13+. The highest BCUT2D eigenvalue weighted by Gasteiger charge is 2.33. The number of aromatic nitrogens is 2. The number of thioether (sulfide) groups is 1. The van der Waals surface area contributed by atoms with Crippen LogP contribution in [0.3, 0.4) is 0 Å². The second kappa shape index (κ2) is 11.6. The first kappa shape index (κ1) is 26.9. The number of thiophene rings is 1. The zero-order valence-corrected chi connectivity index (χ0v) is 23.6. The largest absolute Gasteiger partial charge is 0.462 e. The van der Waals surface area contributed by atoms with Gasteiger partial charge in [-0.15, -0.1) is 11.3 Å². The predicted molar refractivity (Wildman–Crippen MR) is 155 cm³/mol. The Morgan fingerprint density at radius 3 is 2.79 bits per heavy atom. The highest BCUT2D eigenvalue weighted by atomic mass is 32.2. The monoisotopic (exact) mass is 563 g/mol. The number of anilines is 2. The summed E-state index contributed by atoms with van der Waals surface area (Å²) >= 11 is 2.62. The number of amidine groups is 1. The average Bonchev–Trinajstić information content (AvgIpc) is 3.58. The van der Waals surface area contributed by atoms with Gasteiger partial charge in [-0.05, 0) is 55.9 Å². The van der Waals surface area contributed by atoms with Crippen molar-refractivity contribution in [3.8, 4) is 0 Å². The third-order valence-corrected chi connectivity index (χ3v) is 8.56. The van der Waals surface area contributed by atoms with Gasteiger partial charge in [-0.3, -0.25) is 19.2 Å². The number of hydrogen-bond acceptors (Lipinski definition) is 8. The predicted octanol–water partition coefficient (Wildman–Crippen LogP) is 4.90. The molecular formula is C28H29N5O4S2. The summed E-state index contributed by atoms with van der Waals surface area (Å²) in [6.45, 7) is 4.23. The highest BCUT2D eigenvalue weighted by Crippen LogP contribution is 2.40. The van der Waals surface area contributed by atoms with Gasteiger partial charge in [0.05, 0.1) is 29.8 Å². The number of para-hydroxylation sites is 1. The minimum absolute atomic E-state index is 0.0108. The van der Waals surface area contributed by atoms with Crippen molar-refractivity contribution in [3.05, 3.63) is 70.0 Å². The number of esters is 1. The van der Waals surface area contributed by atoms with Gasteiger partial charge in [0.15, 0.2) is 5.17 Å². The Bertz CT molecular complexity index is 1470. The second-order valence-electron chi connectivity index (χ2n) is 9.46. The number of ether oxygens (including phenoxy) is 1. The molecule has 0 bridgehead atoms. The molecule has 1 unspecified atom stereocenters. The number of hydrogen-bond donors (Lipinski definition) is 1. The van der Waals surface area contributed by atoms with E-state index in [0.29, 0.717) is 27.3 Å². The van der Waals surface area contributed by atoms with Crippen molar-refractivity contribution in [2.45, 2.75) is 33.1 Å². The summed E-state index contributed by atoms with van der Waals surface area (Å²) in [5.41, 5.74) is 3.14. The zero-order valence-electron chi connectivity index (χ0n) is 22.0. The molecule has 3 aromatic rings. The van der Waals surface area contributed by atoms with E-state index in [9.17, 15) is 14.4 Å². The van der Waals surface area contributed by atoms with Crippen molar-refractivity contribution >= 4 is 62.8 Å². The number of aliphatic imine (C=N–C) groups is 1. The number of carbonyl (C=O) groups excluding carboxylic acids is 3. The molecule has 202 valence electrons. The molecule has 1 aliphatic carbocycles. The lowest BCUT2D eigenvalue weighted by Gasteiger charge is -2.18. The maximum absolute atomic E-state index is 13.3. The van der Waals surface area contributed by atoms with Gasteiger partial charge in [0.25, 0.3) is 5.91 Å². The van der Waals surface area contributed by atoms with Gasteiger partial charge in [0, 0.05) is 23.7 Å². The van der Waals surface area contributed by atoms with E-state index in [2.05, 4.69) is 22.3 Å². The molecule has 2 aromatic heterocycles. The highest BCUT2D eigenvalue weighted by molar-refractivity contribution is 8.14. The van der Waals surface area contributed by atoms with Crippen LogP contribution in [0.25, 0.3) is 6.08 Å². The van der Waals surface area contributed by atoms with E-state index in [4.69, 9.17) is 4.74 Å². The summed E-state index contributed by atoms with van der Waals surface area (Å²) in [7, 11) is 1.80. The molecule has 0 radical (unpaired) electrons. The fourth-order valence-corrected chi connectivity index (χ4v) is 6.85. The molecule has 0 saturated carbocycles. The van der Waals surface area contributed by atoms with Crippen LogP contribution in [0.2, 0.25) is 0 Å². The molecule has 11 heteroatoms. The van der Waals surface area contributed by atoms with Gasteiger partial charge >= 0.3 is 5.97 Å². The quantitative estimate of drug-likeness (QED) is 0.324. The fourth-order valence-electron chi connectivity index (χ4n) is 4.62. The van der Waals surface area contributed by atoms with Gasteiger partial charge in [0.1, 0.15) is 10.7 Å². The van der Waals surface area contributed by atoms with E-state index < -0.39 is 5.97 Å². The maximum atomic E-state index is 13.3. The molecule has 1 aromatic carbocycles. The first-order chi connectivity index (χ1) is 18.8. The van der Waals surface area contributed by atoms with Crippen LogP contribution in [0.15, 0.2) is 53.4 Å². The molecule has 1 aliphatic heterocycles. The van der Waals surface area contributed by atoms with E-state index in [-0.39, 0.29) is 29.9 Å². The Balaban J connectivity index is 1.36. The third-order valence-electron chi connectivity index (χ3n) is 6.45. The van der Waals surface area contributed by atoms with Gasteiger partial charge in [-0.2, -0.15) is 5.10 Å². The number of carbonyl (C=O) groups is 3. The summed E-state index contributed by atoms with van der Waals surface area (Å²) in [6.07, 6.45) is 7.81. The third kappa shape index (κ3) is 5.84. The van der Waals surface area contributed by atoms with E-state index >= 15 is 0 Å². The molecule has 5 rings (SSSR count). The molecule has 0 saturated heterocycles. The van der Waals surface area contributed by atoms with Crippen LogP contribution in [0.5, 0.6) is 0 Å². The first-order valence-electron chi connectivity index (χ1n) is 12.8. The van der Waals surface area contributed by atoms with Gasteiger partial charge in [-0.1, -0.05) is 36.9 Å². The lowest BCUT2D eigenvalue weighted by Crippen LogP contribution is -2.31. The van der Waals surface area contributed by atoms with Crippen LogP contribution in [0, 0.1) is 5.92 Å². The molecule has 0 fully saturated rings. The van der Waals surface area contributed by atoms with Crippen molar-refractivity contribution < 1.29 is 19.1 Å². The van der Waals surface area contributed by atoms with E-state index in [0.717, 1.165) is 35.3 Å². The first-order valence-corrected chi connectivity index (χ1v) is 14.6. The Morgan fingerprint density at radius 1 is 1.28 bits per heavy atom. The molecule has 1 N–H and O–H groups in total. The normalized spacial score (nSPS) is 17.8. The van der Waals surface area contributed by atoms with Crippen LogP contribution in [0.1, 0.15) is 46.6 Å².